The topological polar surface area (TPSA) is 75.0 Å². The number of pyridine rings is 1. The van der Waals surface area contributed by atoms with Crippen LogP contribution in [0, 0.1) is 11.6 Å². The molecular formula is C24H19F2N3O4S. The predicted octanol–water partition coefficient (Wildman–Crippen LogP) is 2.98. The highest BCUT2D eigenvalue weighted by Gasteiger charge is 2.46. The van der Waals surface area contributed by atoms with Crippen molar-refractivity contribution in [1.29, 1.82) is 0 Å². The Hall–Kier alpha value is -3.37. The summed E-state index contributed by atoms with van der Waals surface area (Å²) in [5, 5.41) is 12.1. The summed E-state index contributed by atoms with van der Waals surface area (Å²) in [5.74, 6) is -3.27. The third kappa shape index (κ3) is 2.98. The lowest BCUT2D eigenvalue weighted by Crippen LogP contribution is -2.66. The van der Waals surface area contributed by atoms with Gasteiger partial charge in [-0.15, -0.1) is 11.8 Å². The van der Waals surface area contributed by atoms with Gasteiger partial charge in [0.15, 0.2) is 23.1 Å². The van der Waals surface area contributed by atoms with E-state index in [1.54, 1.807) is 24.3 Å². The van der Waals surface area contributed by atoms with Gasteiger partial charge in [0.05, 0.1) is 20.6 Å². The maximum Gasteiger partial charge on any atom is 0.278 e. The van der Waals surface area contributed by atoms with Gasteiger partial charge in [0.25, 0.3) is 5.91 Å². The second-order valence-electron chi connectivity index (χ2n) is 8.14. The largest absolute Gasteiger partial charge is 0.502 e. The molecule has 0 aliphatic carbocycles. The first-order chi connectivity index (χ1) is 16.8. The fraction of sp³-hybridized carbons (Fsp3) is 0.250. The number of amides is 1. The average molecular weight is 485 g/mol. The molecule has 7 nitrogen and oxygen atoms in total. The molecule has 1 aromatic heterocycles. The first kappa shape index (κ1) is 20.0. The first-order valence-corrected chi connectivity index (χ1v) is 11.6. The van der Waals surface area contributed by atoms with Crippen molar-refractivity contribution >= 4 is 17.7 Å². The van der Waals surface area contributed by atoms with E-state index in [9.17, 15) is 20.5 Å². The number of hydrogen-bond acceptors (Lipinski definition) is 6. The number of benzene rings is 2. The molecule has 1 amide bonds. The summed E-state index contributed by atoms with van der Waals surface area (Å²) in [6, 6.07) is 8.68. The van der Waals surface area contributed by atoms with Crippen LogP contribution in [0.25, 0.3) is 0 Å². The Balaban J connectivity index is 1.72. The first-order valence-electron chi connectivity index (χ1n) is 11.2. The molecule has 0 spiro atoms. The maximum atomic E-state index is 15.1. The Morgan fingerprint density at radius 1 is 1.12 bits per heavy atom. The van der Waals surface area contributed by atoms with E-state index in [0.717, 1.165) is 12.1 Å². The third-order valence-electron chi connectivity index (χ3n) is 6.33. The van der Waals surface area contributed by atoms with E-state index in [-0.39, 0.29) is 42.3 Å². The van der Waals surface area contributed by atoms with Crippen molar-refractivity contribution in [3.05, 3.63) is 92.9 Å². The summed E-state index contributed by atoms with van der Waals surface area (Å²) in [6.45, 7) is 0.439. The third-order valence-corrected chi connectivity index (χ3v) is 7.43. The minimum absolute atomic E-state index is 0.0347. The van der Waals surface area contributed by atoms with Crippen molar-refractivity contribution in [2.75, 3.05) is 24.8 Å². The van der Waals surface area contributed by atoms with Crippen molar-refractivity contribution in [3.8, 4) is 5.75 Å². The monoisotopic (exact) mass is 484 g/mol. The number of halogens is 2. The highest BCUT2D eigenvalue weighted by Crippen LogP contribution is 2.45. The molecule has 174 valence electrons. The van der Waals surface area contributed by atoms with E-state index in [4.69, 9.17) is 4.74 Å². The van der Waals surface area contributed by atoms with Crippen LogP contribution >= 0.6 is 11.8 Å². The number of aromatic nitrogens is 1. The smallest absolute Gasteiger partial charge is 0.278 e. The number of hydrogen-bond donors (Lipinski definition) is 1. The lowest BCUT2D eigenvalue weighted by Gasteiger charge is -2.51. The van der Waals surface area contributed by atoms with E-state index in [0.29, 0.717) is 10.5 Å². The molecule has 1 N–H and O–H groups in total. The zero-order valence-corrected chi connectivity index (χ0v) is 18.5. The van der Waals surface area contributed by atoms with E-state index < -0.39 is 40.9 Å². The van der Waals surface area contributed by atoms with Crippen molar-refractivity contribution in [2.45, 2.75) is 22.8 Å². The van der Waals surface area contributed by atoms with Crippen LogP contribution in [0.3, 0.4) is 0 Å². The lowest BCUT2D eigenvalue weighted by atomic mass is 9.93. The number of rotatable bonds is 1. The molecule has 34 heavy (non-hydrogen) atoms. The van der Waals surface area contributed by atoms with Crippen molar-refractivity contribution in [2.24, 2.45) is 0 Å². The van der Waals surface area contributed by atoms with E-state index in [1.807, 2.05) is 0 Å². The SMILES string of the molecule is [2H][C@]1(N2[C@@H]3COCCN3C(=O)c3c(O)c(=O)ccn32)c2ccccc2SCc2c1ccc(F)c2F. The molecule has 3 aromatic rings. The highest BCUT2D eigenvalue weighted by atomic mass is 32.2. The summed E-state index contributed by atoms with van der Waals surface area (Å²) in [4.78, 5) is 27.8. The lowest BCUT2D eigenvalue weighted by molar-refractivity contribution is -0.0197. The molecule has 3 aliphatic heterocycles. The van der Waals surface area contributed by atoms with E-state index >= 15 is 4.39 Å². The number of ether oxygens (including phenoxy) is 1. The van der Waals surface area contributed by atoms with Gasteiger partial charge in [0, 0.05) is 35.0 Å². The second-order valence-corrected chi connectivity index (χ2v) is 9.16. The van der Waals surface area contributed by atoms with Gasteiger partial charge in [-0.2, -0.15) is 0 Å². The number of carbonyl (C=O) groups excluding carboxylic acids is 1. The molecule has 6 rings (SSSR count). The number of carbonyl (C=O) groups is 1. The Morgan fingerprint density at radius 2 is 1.94 bits per heavy atom. The molecule has 0 bridgehead atoms. The van der Waals surface area contributed by atoms with Crippen LogP contribution in [-0.4, -0.2) is 46.5 Å². The second kappa shape index (κ2) is 7.85. The molecule has 2 atom stereocenters. The van der Waals surface area contributed by atoms with Crippen LogP contribution in [0.15, 0.2) is 58.4 Å². The molecule has 4 heterocycles. The Kier molecular flexibility index (Phi) is 4.63. The summed E-state index contributed by atoms with van der Waals surface area (Å²) in [7, 11) is 0. The Labute approximate surface area is 198 Å². The van der Waals surface area contributed by atoms with Gasteiger partial charge in [-0.25, -0.2) is 8.78 Å². The number of morpholine rings is 1. The summed E-state index contributed by atoms with van der Waals surface area (Å²) >= 11 is 1.28. The molecule has 0 radical (unpaired) electrons. The zero-order chi connectivity index (χ0) is 24.5. The quantitative estimate of drug-likeness (QED) is 0.573. The summed E-state index contributed by atoms with van der Waals surface area (Å²) in [5.41, 5.74) is -0.314. The number of fused-ring (bicyclic) bond motifs is 4. The normalized spacial score (nSPS) is 23.9. The standard InChI is InChI=1S/C24H19F2N3O4S/c25-16-6-5-13-15(20(16)26)12-34-18-4-2-1-3-14(18)21(13)29-19-11-33-10-9-27(19)24(32)22-23(31)17(30)7-8-28(22)29/h1-8,19,21,31H,9-12H2/t19-,21-/m1/s1/i21D. The molecular weight excluding hydrogens is 464 g/mol. The van der Waals surface area contributed by atoms with Crippen molar-refractivity contribution in [1.82, 2.24) is 9.58 Å². The van der Waals surface area contributed by atoms with Crippen LogP contribution in [0.4, 0.5) is 8.78 Å². The van der Waals surface area contributed by atoms with Crippen LogP contribution in [-0.2, 0) is 10.5 Å². The molecule has 3 aliphatic rings. The van der Waals surface area contributed by atoms with E-state index in [1.165, 1.54) is 38.6 Å². The van der Waals surface area contributed by atoms with Gasteiger partial charge in [-0.1, -0.05) is 24.3 Å². The molecule has 0 saturated carbocycles. The van der Waals surface area contributed by atoms with Gasteiger partial charge < -0.3 is 14.7 Å². The highest BCUT2D eigenvalue weighted by molar-refractivity contribution is 7.98. The Morgan fingerprint density at radius 3 is 2.79 bits per heavy atom. The fourth-order valence-corrected chi connectivity index (χ4v) is 5.82. The van der Waals surface area contributed by atoms with E-state index in [2.05, 4.69) is 0 Å². The fourth-order valence-electron chi connectivity index (χ4n) is 4.75. The molecule has 1 saturated heterocycles. The van der Waals surface area contributed by atoms with Crippen LogP contribution < -0.4 is 10.4 Å². The van der Waals surface area contributed by atoms with Crippen molar-refractivity contribution < 1.29 is 24.8 Å². The zero-order valence-electron chi connectivity index (χ0n) is 18.7. The Bertz CT molecular complexity index is 1450. The maximum absolute atomic E-state index is 15.1. The molecule has 10 heteroatoms. The molecule has 0 unspecified atom stereocenters. The predicted molar refractivity (Wildman–Crippen MR) is 120 cm³/mol. The molecule has 1 fully saturated rings. The van der Waals surface area contributed by atoms with Crippen LogP contribution in [0.5, 0.6) is 5.75 Å². The van der Waals surface area contributed by atoms with Crippen molar-refractivity contribution in [3.63, 3.8) is 0 Å². The summed E-state index contributed by atoms with van der Waals surface area (Å²) < 4.78 is 46.4. The average Bonchev–Trinajstić information content (AvgIpc) is 2.99. The molecule has 2 aromatic carbocycles. The van der Waals surface area contributed by atoms with Crippen LogP contribution in [0.2, 0.25) is 0 Å². The van der Waals surface area contributed by atoms with Gasteiger partial charge in [-0.3, -0.25) is 19.3 Å². The van der Waals surface area contributed by atoms with Gasteiger partial charge in [0.2, 0.25) is 5.43 Å². The van der Waals surface area contributed by atoms with Gasteiger partial charge in [0.1, 0.15) is 6.17 Å². The summed E-state index contributed by atoms with van der Waals surface area (Å²) in [6.07, 6.45) is 0.498. The van der Waals surface area contributed by atoms with Crippen LogP contribution in [0.1, 0.15) is 34.6 Å². The minimum atomic E-state index is -1.88. The van der Waals surface area contributed by atoms with Gasteiger partial charge in [-0.05, 0) is 23.3 Å². The number of aromatic hydroxyl groups is 1. The number of nitrogens with zero attached hydrogens (tertiary/aromatic N) is 3. The van der Waals surface area contributed by atoms with Gasteiger partial charge >= 0.3 is 0 Å². The minimum Gasteiger partial charge on any atom is -0.502 e. The number of thioether (sulfide) groups is 1.